The smallest absolute Gasteiger partial charge is 0.410 e. The largest absolute Gasteiger partial charge is 0.444 e. The zero-order valence-electron chi connectivity index (χ0n) is 16.3. The summed E-state index contributed by atoms with van der Waals surface area (Å²) in [6, 6.07) is 6.16. The number of nitrogens with two attached hydrogens (primary N) is 1. The average molecular weight is 426 g/mol. The van der Waals surface area contributed by atoms with Crippen LogP contribution in [0.3, 0.4) is 0 Å². The van der Waals surface area contributed by atoms with Gasteiger partial charge in [-0.3, -0.25) is 0 Å². The first kappa shape index (κ1) is 20.9. The predicted molar refractivity (Wildman–Crippen MR) is 111 cm³/mol. The number of unbranched alkanes of at least 4 members (excludes halogenated alkanes) is 1. The lowest BCUT2D eigenvalue weighted by atomic mass is 9.99. The van der Waals surface area contributed by atoms with E-state index in [1.807, 2.05) is 43.9 Å². The molecule has 0 saturated carbocycles. The average Bonchev–Trinajstić information content (AvgIpc) is 3.01. The number of hydrogen-bond acceptors (Lipinski definition) is 4. The summed E-state index contributed by atoms with van der Waals surface area (Å²) in [4.78, 5) is 14.6. The van der Waals surface area contributed by atoms with Gasteiger partial charge in [0, 0.05) is 17.1 Å². The number of nitrogens with zero attached hydrogens (tertiary/aromatic N) is 1. The highest BCUT2D eigenvalue weighted by Crippen LogP contribution is 2.30. The van der Waals surface area contributed by atoms with E-state index in [2.05, 4.69) is 28.2 Å². The summed E-state index contributed by atoms with van der Waals surface area (Å²) in [6.07, 6.45) is 4.99. The maximum atomic E-state index is 12.7. The molecule has 2 rings (SSSR count). The SMILES string of the molecule is CCCCC(Nc1ccc(Br)cc1N)C1CCCN1C(=O)OC(C)(C)C. The molecule has 2 unspecified atom stereocenters. The van der Waals surface area contributed by atoms with Crippen LogP contribution in [0.25, 0.3) is 0 Å². The van der Waals surface area contributed by atoms with Gasteiger partial charge in [-0.2, -0.15) is 0 Å². The molecule has 0 aromatic heterocycles. The molecule has 1 aromatic rings. The van der Waals surface area contributed by atoms with Crippen molar-refractivity contribution in [3.8, 4) is 0 Å². The third-order valence-corrected chi connectivity index (χ3v) is 5.11. The second-order valence-corrected chi connectivity index (χ2v) is 8.92. The molecule has 0 aliphatic carbocycles. The van der Waals surface area contributed by atoms with E-state index in [1.165, 1.54) is 0 Å². The Morgan fingerprint density at radius 3 is 2.81 bits per heavy atom. The zero-order chi connectivity index (χ0) is 19.3. The number of nitrogen functional groups attached to an aromatic ring is 1. The van der Waals surface area contributed by atoms with Gasteiger partial charge in [-0.25, -0.2) is 4.79 Å². The van der Waals surface area contributed by atoms with E-state index < -0.39 is 5.60 Å². The standard InChI is InChI=1S/C20H32BrN3O2/c1-5-6-8-17(23-16-11-10-14(21)13-15(16)22)18-9-7-12-24(18)19(25)26-20(2,3)4/h10-11,13,17-18,23H,5-9,12,22H2,1-4H3. The third-order valence-electron chi connectivity index (χ3n) is 4.61. The molecule has 146 valence electrons. The van der Waals surface area contributed by atoms with Crippen molar-refractivity contribution in [3.63, 3.8) is 0 Å². The fourth-order valence-electron chi connectivity index (χ4n) is 3.41. The van der Waals surface area contributed by atoms with E-state index in [0.29, 0.717) is 5.69 Å². The molecule has 1 fully saturated rings. The topological polar surface area (TPSA) is 67.6 Å². The number of nitrogens with one attached hydrogen (secondary N) is 1. The van der Waals surface area contributed by atoms with Crippen LogP contribution in [0.4, 0.5) is 16.2 Å². The van der Waals surface area contributed by atoms with E-state index in [-0.39, 0.29) is 18.2 Å². The van der Waals surface area contributed by atoms with Crippen molar-refractivity contribution in [2.45, 2.75) is 77.5 Å². The van der Waals surface area contributed by atoms with Gasteiger partial charge >= 0.3 is 6.09 Å². The minimum absolute atomic E-state index is 0.124. The third kappa shape index (κ3) is 5.79. The van der Waals surface area contributed by atoms with E-state index in [9.17, 15) is 4.79 Å². The van der Waals surface area contributed by atoms with Crippen LogP contribution < -0.4 is 11.1 Å². The fraction of sp³-hybridized carbons (Fsp3) is 0.650. The van der Waals surface area contributed by atoms with Crippen molar-refractivity contribution in [3.05, 3.63) is 22.7 Å². The highest BCUT2D eigenvalue weighted by atomic mass is 79.9. The van der Waals surface area contributed by atoms with Gasteiger partial charge < -0.3 is 20.7 Å². The van der Waals surface area contributed by atoms with Crippen LogP contribution in [0.1, 0.15) is 59.8 Å². The molecule has 0 radical (unpaired) electrons. The number of hydrogen-bond donors (Lipinski definition) is 2. The molecule has 26 heavy (non-hydrogen) atoms. The molecular formula is C20H32BrN3O2. The van der Waals surface area contributed by atoms with Gasteiger partial charge in [-0.05, 0) is 58.2 Å². The number of likely N-dealkylation sites (tertiary alicyclic amines) is 1. The summed E-state index contributed by atoms with van der Waals surface area (Å²) < 4.78 is 6.58. The number of rotatable bonds is 6. The zero-order valence-corrected chi connectivity index (χ0v) is 17.9. The maximum absolute atomic E-state index is 12.7. The molecular weight excluding hydrogens is 394 g/mol. The lowest BCUT2D eigenvalue weighted by Crippen LogP contribution is -2.47. The van der Waals surface area contributed by atoms with Crippen molar-refractivity contribution in [1.29, 1.82) is 0 Å². The molecule has 5 nitrogen and oxygen atoms in total. The van der Waals surface area contributed by atoms with Crippen molar-refractivity contribution in [2.24, 2.45) is 0 Å². The summed E-state index contributed by atoms with van der Waals surface area (Å²) in [5, 5.41) is 3.60. The Balaban J connectivity index is 2.17. The molecule has 1 aliphatic rings. The van der Waals surface area contributed by atoms with Gasteiger partial charge in [-0.15, -0.1) is 0 Å². The Hall–Kier alpha value is -1.43. The lowest BCUT2D eigenvalue weighted by molar-refractivity contribution is 0.0209. The molecule has 1 amide bonds. The van der Waals surface area contributed by atoms with Crippen LogP contribution in [0.5, 0.6) is 0 Å². The van der Waals surface area contributed by atoms with Crippen LogP contribution in [0.2, 0.25) is 0 Å². The van der Waals surface area contributed by atoms with Crippen molar-refractivity contribution >= 4 is 33.4 Å². The Kier molecular flexibility index (Phi) is 7.21. The Morgan fingerprint density at radius 2 is 2.19 bits per heavy atom. The maximum Gasteiger partial charge on any atom is 0.410 e. The molecule has 1 saturated heterocycles. The quantitative estimate of drug-likeness (QED) is 0.598. The van der Waals surface area contributed by atoms with Crippen LogP contribution >= 0.6 is 15.9 Å². The van der Waals surface area contributed by atoms with Gasteiger partial charge in [-0.1, -0.05) is 35.7 Å². The second-order valence-electron chi connectivity index (χ2n) is 8.01. The van der Waals surface area contributed by atoms with Gasteiger partial charge in [0.05, 0.1) is 17.4 Å². The molecule has 3 N–H and O–H groups in total. The predicted octanol–water partition coefficient (Wildman–Crippen LogP) is 5.40. The molecule has 0 bridgehead atoms. The van der Waals surface area contributed by atoms with E-state index in [4.69, 9.17) is 10.5 Å². The number of carbonyl (C=O) groups is 1. The monoisotopic (exact) mass is 425 g/mol. The second kappa shape index (κ2) is 8.98. The molecule has 2 atom stereocenters. The normalized spacial score (nSPS) is 18.7. The van der Waals surface area contributed by atoms with Crippen LogP contribution in [0, 0.1) is 0 Å². The number of anilines is 2. The first-order valence-corrected chi connectivity index (χ1v) is 10.3. The number of carbonyl (C=O) groups excluding carboxylic acids is 1. The number of benzene rings is 1. The van der Waals surface area contributed by atoms with Crippen molar-refractivity contribution in [2.75, 3.05) is 17.6 Å². The summed E-state index contributed by atoms with van der Waals surface area (Å²) in [5.41, 5.74) is 7.33. The molecule has 1 heterocycles. The fourth-order valence-corrected chi connectivity index (χ4v) is 3.79. The first-order valence-electron chi connectivity index (χ1n) is 9.52. The van der Waals surface area contributed by atoms with Gasteiger partial charge in [0.25, 0.3) is 0 Å². The highest BCUT2D eigenvalue weighted by molar-refractivity contribution is 9.10. The summed E-state index contributed by atoms with van der Waals surface area (Å²) in [6.45, 7) is 8.66. The Labute approximate surface area is 165 Å². The number of halogens is 1. The minimum atomic E-state index is -0.479. The van der Waals surface area contributed by atoms with Crippen LogP contribution in [-0.4, -0.2) is 35.2 Å². The Morgan fingerprint density at radius 1 is 1.46 bits per heavy atom. The summed E-state index contributed by atoms with van der Waals surface area (Å²) in [5.74, 6) is 0. The molecule has 1 aromatic carbocycles. The lowest BCUT2D eigenvalue weighted by Gasteiger charge is -2.34. The number of ether oxygens (including phenoxy) is 1. The first-order chi connectivity index (χ1) is 12.2. The van der Waals surface area contributed by atoms with Gasteiger partial charge in [0.1, 0.15) is 5.60 Å². The van der Waals surface area contributed by atoms with Gasteiger partial charge in [0.2, 0.25) is 0 Å². The highest BCUT2D eigenvalue weighted by Gasteiger charge is 2.37. The van der Waals surface area contributed by atoms with Gasteiger partial charge in [0.15, 0.2) is 0 Å². The van der Waals surface area contributed by atoms with Crippen LogP contribution in [0.15, 0.2) is 22.7 Å². The van der Waals surface area contributed by atoms with E-state index in [0.717, 1.165) is 48.8 Å². The number of amides is 1. The van der Waals surface area contributed by atoms with Crippen molar-refractivity contribution in [1.82, 2.24) is 4.90 Å². The summed E-state index contributed by atoms with van der Waals surface area (Å²) in [7, 11) is 0. The molecule has 6 heteroatoms. The summed E-state index contributed by atoms with van der Waals surface area (Å²) >= 11 is 3.45. The van der Waals surface area contributed by atoms with Crippen LogP contribution in [-0.2, 0) is 4.74 Å². The minimum Gasteiger partial charge on any atom is -0.444 e. The molecule has 0 spiro atoms. The van der Waals surface area contributed by atoms with E-state index >= 15 is 0 Å². The van der Waals surface area contributed by atoms with E-state index in [1.54, 1.807) is 0 Å². The Bertz CT molecular complexity index is 616. The molecule has 1 aliphatic heterocycles. The van der Waals surface area contributed by atoms with Crippen molar-refractivity contribution < 1.29 is 9.53 Å².